The first-order chi connectivity index (χ1) is 9.63. The molecule has 2 aromatic heterocycles. The Balaban J connectivity index is 1.95. The zero-order valence-electron chi connectivity index (χ0n) is 10.8. The molecule has 0 radical (unpaired) electrons. The van der Waals surface area contributed by atoms with Crippen molar-refractivity contribution in [3.63, 3.8) is 0 Å². The zero-order valence-corrected chi connectivity index (χ0v) is 11.6. The molecule has 0 aliphatic heterocycles. The van der Waals surface area contributed by atoms with Crippen LogP contribution in [0.4, 0.5) is 5.82 Å². The molecule has 0 amide bonds. The van der Waals surface area contributed by atoms with E-state index >= 15 is 0 Å². The summed E-state index contributed by atoms with van der Waals surface area (Å²) in [6.45, 7) is -0.180. The number of carbonyl (C=O) groups is 1. The van der Waals surface area contributed by atoms with Crippen LogP contribution >= 0.6 is 11.8 Å². The average molecular weight is 293 g/mol. The lowest BCUT2D eigenvalue weighted by Crippen LogP contribution is -2.09. The Labute approximate surface area is 119 Å². The SMILES string of the molecule is Nc1nc(SC2CCCC2)nc2c1ncn2CC(=O)O. The molecule has 0 saturated heterocycles. The van der Waals surface area contributed by atoms with Crippen LogP contribution in [0.2, 0.25) is 0 Å². The van der Waals surface area contributed by atoms with Gasteiger partial charge < -0.3 is 15.4 Å². The number of carboxylic acids is 1. The molecular formula is C12H15N5O2S. The molecule has 3 rings (SSSR count). The number of nitrogens with zero attached hydrogens (tertiary/aromatic N) is 4. The largest absolute Gasteiger partial charge is 0.480 e. The molecule has 1 fully saturated rings. The van der Waals surface area contributed by atoms with E-state index in [0.29, 0.717) is 27.4 Å². The maximum Gasteiger partial charge on any atom is 0.323 e. The lowest BCUT2D eigenvalue weighted by molar-refractivity contribution is -0.137. The van der Waals surface area contributed by atoms with Crippen LogP contribution < -0.4 is 5.73 Å². The number of aromatic nitrogens is 4. The van der Waals surface area contributed by atoms with Crippen molar-refractivity contribution in [2.75, 3.05) is 5.73 Å². The summed E-state index contributed by atoms with van der Waals surface area (Å²) in [5.41, 5.74) is 6.83. The molecule has 0 bridgehead atoms. The van der Waals surface area contributed by atoms with Crippen molar-refractivity contribution in [2.24, 2.45) is 0 Å². The monoisotopic (exact) mass is 293 g/mol. The summed E-state index contributed by atoms with van der Waals surface area (Å²) < 4.78 is 1.48. The number of hydrogen-bond donors (Lipinski definition) is 2. The van der Waals surface area contributed by atoms with Gasteiger partial charge in [-0.15, -0.1) is 0 Å². The minimum Gasteiger partial charge on any atom is -0.480 e. The first-order valence-corrected chi connectivity index (χ1v) is 7.38. The van der Waals surface area contributed by atoms with Crippen molar-refractivity contribution in [1.29, 1.82) is 0 Å². The van der Waals surface area contributed by atoms with Crippen molar-refractivity contribution in [1.82, 2.24) is 19.5 Å². The molecule has 3 N–H and O–H groups in total. The lowest BCUT2D eigenvalue weighted by atomic mass is 10.4. The van der Waals surface area contributed by atoms with Gasteiger partial charge in [-0.3, -0.25) is 4.79 Å². The fourth-order valence-electron chi connectivity index (χ4n) is 2.41. The predicted molar refractivity (Wildman–Crippen MR) is 75.5 cm³/mol. The Kier molecular flexibility index (Phi) is 3.47. The number of aliphatic carboxylic acids is 1. The van der Waals surface area contributed by atoms with Crippen LogP contribution in [0.3, 0.4) is 0 Å². The van der Waals surface area contributed by atoms with Crippen LogP contribution in [0, 0.1) is 0 Å². The Morgan fingerprint density at radius 3 is 2.90 bits per heavy atom. The lowest BCUT2D eigenvalue weighted by Gasteiger charge is -2.08. The molecule has 1 aliphatic carbocycles. The summed E-state index contributed by atoms with van der Waals surface area (Å²) in [4.78, 5) is 23.6. The molecule has 20 heavy (non-hydrogen) atoms. The van der Waals surface area contributed by atoms with Crippen molar-refractivity contribution < 1.29 is 9.90 Å². The van der Waals surface area contributed by atoms with Crippen LogP contribution in [-0.4, -0.2) is 35.8 Å². The number of carboxylic acid groups (broad SMARTS) is 1. The van der Waals surface area contributed by atoms with Gasteiger partial charge in [0.15, 0.2) is 16.6 Å². The molecule has 106 valence electrons. The molecule has 2 aromatic rings. The highest BCUT2D eigenvalue weighted by Crippen LogP contribution is 2.34. The van der Waals surface area contributed by atoms with Crippen LogP contribution in [0.15, 0.2) is 11.5 Å². The molecule has 2 heterocycles. The maximum atomic E-state index is 10.8. The highest BCUT2D eigenvalue weighted by Gasteiger charge is 2.19. The molecule has 1 aliphatic rings. The maximum absolute atomic E-state index is 10.8. The Bertz CT molecular complexity index is 651. The van der Waals surface area contributed by atoms with Crippen molar-refractivity contribution in [2.45, 2.75) is 42.6 Å². The van der Waals surface area contributed by atoms with Crippen molar-refractivity contribution >= 4 is 34.7 Å². The summed E-state index contributed by atoms with van der Waals surface area (Å²) in [7, 11) is 0. The van der Waals surface area contributed by atoms with E-state index in [-0.39, 0.29) is 6.54 Å². The predicted octanol–water partition coefficient (Wildman–Crippen LogP) is 1.53. The molecule has 0 spiro atoms. The molecule has 1 saturated carbocycles. The summed E-state index contributed by atoms with van der Waals surface area (Å²) in [6.07, 6.45) is 6.26. The zero-order chi connectivity index (χ0) is 14.1. The van der Waals surface area contributed by atoms with Crippen LogP contribution in [0.5, 0.6) is 0 Å². The summed E-state index contributed by atoms with van der Waals surface area (Å²) in [5.74, 6) is -0.633. The Morgan fingerprint density at radius 2 is 2.20 bits per heavy atom. The van der Waals surface area contributed by atoms with Gasteiger partial charge in [-0.2, -0.15) is 0 Å². The van der Waals surface area contributed by atoms with Gasteiger partial charge in [0, 0.05) is 5.25 Å². The third-order valence-electron chi connectivity index (χ3n) is 3.35. The smallest absolute Gasteiger partial charge is 0.323 e. The van der Waals surface area contributed by atoms with Crippen LogP contribution in [-0.2, 0) is 11.3 Å². The highest BCUT2D eigenvalue weighted by atomic mass is 32.2. The van der Waals surface area contributed by atoms with Gasteiger partial charge in [0.2, 0.25) is 0 Å². The quantitative estimate of drug-likeness (QED) is 0.823. The summed E-state index contributed by atoms with van der Waals surface area (Å²) in [5, 5.41) is 10.0. The van der Waals surface area contributed by atoms with Gasteiger partial charge in [0.25, 0.3) is 0 Å². The normalized spacial score (nSPS) is 16.0. The van der Waals surface area contributed by atoms with E-state index in [0.717, 1.165) is 0 Å². The molecule has 0 unspecified atom stereocenters. The van der Waals surface area contributed by atoms with Gasteiger partial charge in [0.1, 0.15) is 12.1 Å². The Hall–Kier alpha value is -1.83. The van der Waals surface area contributed by atoms with Crippen molar-refractivity contribution in [3.8, 4) is 0 Å². The third kappa shape index (κ3) is 2.55. The van der Waals surface area contributed by atoms with E-state index in [4.69, 9.17) is 10.8 Å². The molecule has 8 heteroatoms. The second-order valence-corrected chi connectivity index (χ2v) is 6.12. The van der Waals surface area contributed by atoms with E-state index in [1.807, 2.05) is 0 Å². The van der Waals surface area contributed by atoms with Crippen LogP contribution in [0.1, 0.15) is 25.7 Å². The molecule has 0 aromatic carbocycles. The molecular weight excluding hydrogens is 278 g/mol. The highest BCUT2D eigenvalue weighted by molar-refractivity contribution is 7.99. The third-order valence-corrected chi connectivity index (χ3v) is 4.55. The average Bonchev–Trinajstić information content (AvgIpc) is 3.00. The second-order valence-electron chi connectivity index (χ2n) is 4.85. The standard InChI is InChI=1S/C12H15N5O2S/c13-10-9-11(17(6-14-9)5-8(18)19)16-12(15-10)20-7-3-1-2-4-7/h6-7H,1-5H2,(H,18,19)(H2,13,15,16). The summed E-state index contributed by atoms with van der Waals surface area (Å²) in [6, 6.07) is 0. The van der Waals surface area contributed by atoms with E-state index in [1.54, 1.807) is 11.8 Å². The fraction of sp³-hybridized carbons (Fsp3) is 0.500. The van der Waals surface area contributed by atoms with E-state index in [9.17, 15) is 4.79 Å². The minimum atomic E-state index is -0.938. The van der Waals surface area contributed by atoms with Gasteiger partial charge in [-0.1, -0.05) is 24.6 Å². The number of fused-ring (bicyclic) bond motifs is 1. The first kappa shape index (κ1) is 13.2. The van der Waals surface area contributed by atoms with Gasteiger partial charge in [-0.25, -0.2) is 15.0 Å². The van der Waals surface area contributed by atoms with Crippen LogP contribution in [0.25, 0.3) is 11.2 Å². The molecule has 7 nitrogen and oxygen atoms in total. The topological polar surface area (TPSA) is 107 Å². The first-order valence-electron chi connectivity index (χ1n) is 6.50. The van der Waals surface area contributed by atoms with Gasteiger partial charge in [0.05, 0.1) is 6.33 Å². The van der Waals surface area contributed by atoms with E-state index in [1.165, 1.54) is 36.6 Å². The number of nitrogens with two attached hydrogens (primary N) is 1. The van der Waals surface area contributed by atoms with E-state index in [2.05, 4.69) is 15.0 Å². The van der Waals surface area contributed by atoms with Gasteiger partial charge >= 0.3 is 5.97 Å². The number of imidazole rings is 1. The molecule has 0 atom stereocenters. The Morgan fingerprint density at radius 1 is 1.45 bits per heavy atom. The number of anilines is 1. The second kappa shape index (κ2) is 5.28. The summed E-state index contributed by atoms with van der Waals surface area (Å²) >= 11 is 1.62. The van der Waals surface area contributed by atoms with Crippen molar-refractivity contribution in [3.05, 3.63) is 6.33 Å². The number of rotatable bonds is 4. The number of nitrogen functional groups attached to an aromatic ring is 1. The van der Waals surface area contributed by atoms with Gasteiger partial charge in [-0.05, 0) is 12.8 Å². The number of thioether (sulfide) groups is 1. The van der Waals surface area contributed by atoms with E-state index < -0.39 is 5.97 Å². The minimum absolute atomic E-state index is 0.180. The number of hydrogen-bond acceptors (Lipinski definition) is 6. The fourth-order valence-corrected chi connectivity index (χ4v) is 3.57.